The molecular formula is C13H22N2. The lowest BCUT2D eigenvalue weighted by Gasteiger charge is -2.27. The van der Waals surface area contributed by atoms with Crippen molar-refractivity contribution in [3.63, 3.8) is 0 Å². The summed E-state index contributed by atoms with van der Waals surface area (Å²) in [7, 11) is 0. The van der Waals surface area contributed by atoms with Gasteiger partial charge < -0.3 is 10.7 Å². The maximum atomic E-state index is 7.42. The lowest BCUT2D eigenvalue weighted by Crippen LogP contribution is -2.17. The summed E-state index contributed by atoms with van der Waals surface area (Å²) in [4.78, 5) is 0. The smallest absolute Gasteiger partial charge is 0.0227 e. The van der Waals surface area contributed by atoms with Gasteiger partial charge in [-0.2, -0.15) is 0 Å². The number of hydrogen-bond acceptors (Lipinski definition) is 2. The second kappa shape index (κ2) is 6.44. The van der Waals surface area contributed by atoms with Crippen LogP contribution in [-0.4, -0.2) is 12.8 Å². The van der Waals surface area contributed by atoms with Crippen LogP contribution in [0.5, 0.6) is 0 Å². The van der Waals surface area contributed by atoms with Crippen LogP contribution in [0.1, 0.15) is 32.6 Å². The molecule has 0 aromatic heterocycles. The van der Waals surface area contributed by atoms with Gasteiger partial charge in [0, 0.05) is 19.0 Å². The maximum absolute atomic E-state index is 7.42. The van der Waals surface area contributed by atoms with Crippen molar-refractivity contribution in [2.75, 3.05) is 6.54 Å². The van der Waals surface area contributed by atoms with Crippen LogP contribution in [0.3, 0.4) is 0 Å². The Hall–Kier alpha value is -1.05. The fraction of sp³-hybridized carbons (Fsp3) is 0.615. The highest BCUT2D eigenvalue weighted by atomic mass is 14.8. The maximum Gasteiger partial charge on any atom is 0.0227 e. The molecule has 1 fully saturated rings. The summed E-state index contributed by atoms with van der Waals surface area (Å²) in [5, 5.41) is 10.6. The molecular weight excluding hydrogens is 184 g/mol. The van der Waals surface area contributed by atoms with Crippen LogP contribution in [0, 0.1) is 17.2 Å². The Labute approximate surface area is 93.0 Å². The first-order valence-corrected chi connectivity index (χ1v) is 5.88. The van der Waals surface area contributed by atoms with Crippen LogP contribution < -0.4 is 5.32 Å². The van der Waals surface area contributed by atoms with Crippen molar-refractivity contribution in [3.8, 4) is 0 Å². The Bertz CT molecular complexity index is 235. The first kappa shape index (κ1) is 12.0. The topological polar surface area (TPSA) is 35.9 Å². The Morgan fingerprint density at radius 3 is 2.53 bits per heavy atom. The molecule has 0 bridgehead atoms. The molecule has 0 amide bonds. The summed E-state index contributed by atoms with van der Waals surface area (Å²) >= 11 is 0. The normalized spacial score (nSPS) is 27.1. The predicted molar refractivity (Wildman–Crippen MR) is 66.2 cm³/mol. The van der Waals surface area contributed by atoms with Crippen molar-refractivity contribution in [1.82, 2.24) is 5.32 Å². The Morgan fingerprint density at radius 1 is 1.40 bits per heavy atom. The first-order chi connectivity index (χ1) is 7.31. The first-order valence-electron chi connectivity index (χ1n) is 5.88. The molecule has 0 atom stereocenters. The van der Waals surface area contributed by atoms with E-state index in [1.54, 1.807) is 0 Å². The summed E-state index contributed by atoms with van der Waals surface area (Å²) in [6, 6.07) is 0. The van der Waals surface area contributed by atoms with E-state index in [0.29, 0.717) is 11.8 Å². The molecule has 15 heavy (non-hydrogen) atoms. The minimum Gasteiger partial charge on any atom is -0.391 e. The van der Waals surface area contributed by atoms with Crippen molar-refractivity contribution in [2.24, 2.45) is 11.8 Å². The Morgan fingerprint density at radius 2 is 2.07 bits per heavy atom. The quantitative estimate of drug-likeness (QED) is 0.526. The van der Waals surface area contributed by atoms with E-state index in [1.165, 1.54) is 31.9 Å². The second-order valence-corrected chi connectivity index (χ2v) is 4.19. The van der Waals surface area contributed by atoms with Gasteiger partial charge in [0.2, 0.25) is 0 Å². The SMILES string of the molecule is C=CC1CCC(/C(C=N)=C/NCC)CC1. The van der Waals surface area contributed by atoms with Crippen LogP contribution in [0.25, 0.3) is 0 Å². The van der Waals surface area contributed by atoms with E-state index in [1.807, 2.05) is 6.20 Å². The molecule has 0 radical (unpaired) electrons. The van der Waals surface area contributed by atoms with E-state index in [0.717, 1.165) is 12.1 Å². The Balaban J connectivity index is 2.49. The number of hydrogen-bond donors (Lipinski definition) is 2. The second-order valence-electron chi connectivity index (χ2n) is 4.19. The van der Waals surface area contributed by atoms with Crippen molar-refractivity contribution >= 4 is 6.21 Å². The number of allylic oxidation sites excluding steroid dienone is 2. The van der Waals surface area contributed by atoms with Gasteiger partial charge in [-0.25, -0.2) is 0 Å². The molecule has 0 heterocycles. The minimum atomic E-state index is 0.581. The molecule has 0 unspecified atom stereocenters. The minimum absolute atomic E-state index is 0.581. The molecule has 1 aliphatic rings. The van der Waals surface area contributed by atoms with Gasteiger partial charge in [0.05, 0.1) is 0 Å². The summed E-state index contributed by atoms with van der Waals surface area (Å²) in [5.74, 6) is 1.28. The van der Waals surface area contributed by atoms with Crippen LogP contribution in [0.4, 0.5) is 0 Å². The molecule has 1 rings (SSSR count). The van der Waals surface area contributed by atoms with E-state index in [4.69, 9.17) is 5.41 Å². The molecule has 0 aliphatic heterocycles. The highest BCUT2D eigenvalue weighted by Gasteiger charge is 2.21. The van der Waals surface area contributed by atoms with Crippen LogP contribution >= 0.6 is 0 Å². The van der Waals surface area contributed by atoms with E-state index < -0.39 is 0 Å². The highest BCUT2D eigenvalue weighted by molar-refractivity contribution is 5.76. The van der Waals surface area contributed by atoms with Crippen molar-refractivity contribution in [2.45, 2.75) is 32.6 Å². The lowest BCUT2D eigenvalue weighted by atomic mass is 9.79. The third-order valence-electron chi connectivity index (χ3n) is 3.22. The molecule has 2 N–H and O–H groups in total. The summed E-state index contributed by atoms with van der Waals surface area (Å²) < 4.78 is 0. The highest BCUT2D eigenvalue weighted by Crippen LogP contribution is 2.32. The zero-order valence-corrected chi connectivity index (χ0v) is 9.63. The largest absolute Gasteiger partial charge is 0.391 e. The molecule has 0 aromatic carbocycles. The van der Waals surface area contributed by atoms with E-state index in [-0.39, 0.29) is 0 Å². The fourth-order valence-electron chi connectivity index (χ4n) is 2.19. The van der Waals surface area contributed by atoms with Gasteiger partial charge in [-0.05, 0) is 50.0 Å². The van der Waals surface area contributed by atoms with Gasteiger partial charge in [0.1, 0.15) is 0 Å². The van der Waals surface area contributed by atoms with Crippen molar-refractivity contribution < 1.29 is 0 Å². The summed E-state index contributed by atoms with van der Waals surface area (Å²) in [5.41, 5.74) is 1.15. The standard InChI is InChI=1S/C13H22N2/c1-3-11-5-7-12(8-6-11)13(9-14)10-15-4-2/h3,9-12,14-15H,1,4-8H2,2H3/b13-10+,14-9?. The molecule has 1 saturated carbocycles. The molecule has 2 nitrogen and oxygen atoms in total. The van der Waals surface area contributed by atoms with E-state index >= 15 is 0 Å². The molecule has 0 saturated heterocycles. The van der Waals surface area contributed by atoms with Gasteiger partial charge in [0.15, 0.2) is 0 Å². The van der Waals surface area contributed by atoms with Crippen molar-refractivity contribution in [1.29, 1.82) is 5.41 Å². The fourth-order valence-corrected chi connectivity index (χ4v) is 2.19. The van der Waals surface area contributed by atoms with E-state index in [9.17, 15) is 0 Å². The van der Waals surface area contributed by atoms with Gasteiger partial charge in [0.25, 0.3) is 0 Å². The number of rotatable bonds is 5. The molecule has 2 heteroatoms. The van der Waals surface area contributed by atoms with Gasteiger partial charge in [-0.15, -0.1) is 6.58 Å². The molecule has 84 valence electrons. The van der Waals surface area contributed by atoms with Gasteiger partial charge >= 0.3 is 0 Å². The third-order valence-corrected chi connectivity index (χ3v) is 3.22. The number of nitrogens with one attached hydrogen (secondary N) is 2. The monoisotopic (exact) mass is 206 g/mol. The average Bonchev–Trinajstić information content (AvgIpc) is 2.31. The Kier molecular flexibility index (Phi) is 5.16. The summed E-state index contributed by atoms with van der Waals surface area (Å²) in [6.45, 7) is 6.86. The van der Waals surface area contributed by atoms with Crippen molar-refractivity contribution in [3.05, 3.63) is 24.4 Å². The van der Waals surface area contributed by atoms with Gasteiger partial charge in [-0.1, -0.05) is 6.08 Å². The molecule has 0 aromatic rings. The zero-order chi connectivity index (χ0) is 11.1. The van der Waals surface area contributed by atoms with Crippen LogP contribution in [-0.2, 0) is 0 Å². The lowest BCUT2D eigenvalue weighted by molar-refractivity contribution is 0.350. The summed E-state index contributed by atoms with van der Waals surface area (Å²) in [6.07, 6.45) is 10.4. The average molecular weight is 206 g/mol. The zero-order valence-electron chi connectivity index (χ0n) is 9.63. The van der Waals surface area contributed by atoms with Gasteiger partial charge in [-0.3, -0.25) is 0 Å². The van der Waals surface area contributed by atoms with Crippen LogP contribution in [0.15, 0.2) is 24.4 Å². The molecule has 0 spiro atoms. The molecule has 1 aliphatic carbocycles. The van der Waals surface area contributed by atoms with Crippen LogP contribution in [0.2, 0.25) is 0 Å². The predicted octanol–water partition coefficient (Wildman–Crippen LogP) is 3.12. The van der Waals surface area contributed by atoms with E-state index in [2.05, 4.69) is 24.9 Å². The third kappa shape index (κ3) is 3.54.